The number of hydrogen-bond donors (Lipinski definition) is 3. The molecule has 2 heterocycles. The summed E-state index contributed by atoms with van der Waals surface area (Å²) in [5.41, 5.74) is 6.56. The molecule has 150 valence electrons. The molecule has 0 saturated carbocycles. The molecule has 0 radical (unpaired) electrons. The van der Waals surface area contributed by atoms with Gasteiger partial charge in [-0.2, -0.15) is 9.29 Å². The smallest absolute Gasteiger partial charge is 0.278 e. The number of sulfonamides is 1. The SMILES string of the molecule is O=S(=O)(c1nc(Nc2c3c(cc4c2CCC4)CCC3)n[nH]1)N1CC[C@H](CO)C1. The van der Waals surface area contributed by atoms with Crippen LogP contribution in [-0.4, -0.2) is 52.7 Å². The zero-order chi connectivity index (χ0) is 19.3. The Morgan fingerprint density at radius 2 is 1.89 bits per heavy atom. The van der Waals surface area contributed by atoms with Gasteiger partial charge in [0.25, 0.3) is 15.2 Å². The average molecular weight is 404 g/mol. The molecule has 3 N–H and O–H groups in total. The molecule has 0 bridgehead atoms. The van der Waals surface area contributed by atoms with E-state index in [1.54, 1.807) is 0 Å². The highest BCUT2D eigenvalue weighted by molar-refractivity contribution is 7.89. The Labute approximate surface area is 164 Å². The van der Waals surface area contributed by atoms with Gasteiger partial charge < -0.3 is 10.4 Å². The third-order valence-electron chi connectivity index (χ3n) is 6.27. The summed E-state index contributed by atoms with van der Waals surface area (Å²) in [5.74, 6) is 0.288. The number of nitrogens with zero attached hydrogens (tertiary/aromatic N) is 3. The zero-order valence-electron chi connectivity index (χ0n) is 15.7. The van der Waals surface area contributed by atoms with Gasteiger partial charge >= 0.3 is 0 Å². The van der Waals surface area contributed by atoms with Crippen molar-refractivity contribution in [1.29, 1.82) is 0 Å². The van der Waals surface area contributed by atoms with E-state index in [1.165, 1.54) is 26.6 Å². The van der Waals surface area contributed by atoms with E-state index in [0.717, 1.165) is 44.2 Å². The second-order valence-corrected chi connectivity index (χ2v) is 9.88. The largest absolute Gasteiger partial charge is 0.396 e. The number of benzene rings is 1. The van der Waals surface area contributed by atoms with Gasteiger partial charge in [0.1, 0.15) is 0 Å². The average Bonchev–Trinajstić information content (AvgIpc) is 3.45. The summed E-state index contributed by atoms with van der Waals surface area (Å²) in [6.45, 7) is 0.720. The first-order chi connectivity index (χ1) is 13.6. The minimum absolute atomic E-state index is 0.000538. The number of aromatic amines is 1. The highest BCUT2D eigenvalue weighted by atomic mass is 32.2. The van der Waals surface area contributed by atoms with Crippen LogP contribution in [0.4, 0.5) is 11.6 Å². The highest BCUT2D eigenvalue weighted by Crippen LogP contribution is 2.39. The number of nitrogens with one attached hydrogen (secondary N) is 2. The van der Waals surface area contributed by atoms with Gasteiger partial charge in [-0.05, 0) is 73.1 Å². The predicted octanol–water partition coefficient (Wildman–Crippen LogP) is 1.53. The highest BCUT2D eigenvalue weighted by Gasteiger charge is 2.34. The fraction of sp³-hybridized carbons (Fsp3) is 0.579. The van der Waals surface area contributed by atoms with Crippen LogP contribution in [0.25, 0.3) is 0 Å². The van der Waals surface area contributed by atoms with Crippen molar-refractivity contribution in [3.05, 3.63) is 28.3 Å². The minimum Gasteiger partial charge on any atom is -0.396 e. The number of fused-ring (bicyclic) bond motifs is 2. The molecule has 1 aromatic heterocycles. The molecule has 5 rings (SSSR count). The summed E-state index contributed by atoms with van der Waals surface area (Å²) in [6.07, 6.45) is 7.26. The number of aryl methyl sites for hydroxylation is 2. The monoisotopic (exact) mass is 403 g/mol. The van der Waals surface area contributed by atoms with Crippen LogP contribution in [0, 0.1) is 5.92 Å². The molecule has 2 aliphatic carbocycles. The first-order valence-corrected chi connectivity index (χ1v) is 11.5. The van der Waals surface area contributed by atoms with Crippen LogP contribution in [0.2, 0.25) is 0 Å². The summed E-state index contributed by atoms with van der Waals surface area (Å²) >= 11 is 0. The van der Waals surface area contributed by atoms with Gasteiger partial charge in [0.2, 0.25) is 5.95 Å². The maximum atomic E-state index is 12.8. The van der Waals surface area contributed by atoms with Gasteiger partial charge in [0.05, 0.1) is 0 Å². The Balaban J connectivity index is 1.43. The lowest BCUT2D eigenvalue weighted by Crippen LogP contribution is -2.30. The summed E-state index contributed by atoms with van der Waals surface area (Å²) in [5, 5.41) is 19.2. The number of aliphatic hydroxyl groups excluding tert-OH is 1. The molecule has 1 aliphatic heterocycles. The van der Waals surface area contributed by atoms with Crippen LogP contribution in [0.1, 0.15) is 41.5 Å². The lowest BCUT2D eigenvalue weighted by Gasteiger charge is -2.15. The number of rotatable bonds is 5. The number of aliphatic hydroxyl groups is 1. The van der Waals surface area contributed by atoms with Gasteiger partial charge in [-0.1, -0.05) is 6.07 Å². The molecule has 0 spiro atoms. The number of hydrogen-bond acceptors (Lipinski definition) is 6. The molecular formula is C19H25N5O3S. The zero-order valence-corrected chi connectivity index (χ0v) is 16.6. The molecule has 28 heavy (non-hydrogen) atoms. The van der Waals surface area contributed by atoms with Crippen molar-refractivity contribution >= 4 is 21.7 Å². The summed E-state index contributed by atoms with van der Waals surface area (Å²) in [7, 11) is -3.72. The number of anilines is 2. The topological polar surface area (TPSA) is 111 Å². The van der Waals surface area contributed by atoms with Gasteiger partial charge in [0.15, 0.2) is 0 Å². The quantitative estimate of drug-likeness (QED) is 0.698. The van der Waals surface area contributed by atoms with E-state index in [4.69, 9.17) is 0 Å². The third kappa shape index (κ3) is 2.92. The van der Waals surface area contributed by atoms with Crippen molar-refractivity contribution in [1.82, 2.24) is 19.5 Å². The van der Waals surface area contributed by atoms with Crippen molar-refractivity contribution in [2.45, 2.75) is 50.1 Å². The summed E-state index contributed by atoms with van der Waals surface area (Å²) < 4.78 is 27.0. The first kappa shape index (κ1) is 18.1. The molecule has 0 amide bonds. The van der Waals surface area contributed by atoms with E-state index < -0.39 is 10.0 Å². The summed E-state index contributed by atoms with van der Waals surface area (Å²) in [4.78, 5) is 4.25. The molecule has 1 aromatic carbocycles. The maximum absolute atomic E-state index is 12.8. The third-order valence-corrected chi connectivity index (χ3v) is 7.95. The van der Waals surface area contributed by atoms with E-state index in [1.807, 2.05) is 0 Å². The Hall–Kier alpha value is -1.97. The Kier molecular flexibility index (Phi) is 4.41. The van der Waals surface area contributed by atoms with Gasteiger partial charge in [0, 0.05) is 25.4 Å². The lowest BCUT2D eigenvalue weighted by molar-refractivity contribution is 0.233. The van der Waals surface area contributed by atoms with Gasteiger partial charge in [-0.15, -0.1) is 5.10 Å². The molecule has 1 fully saturated rings. The van der Waals surface area contributed by atoms with E-state index in [-0.39, 0.29) is 17.7 Å². The predicted molar refractivity (Wildman–Crippen MR) is 104 cm³/mol. The molecule has 1 saturated heterocycles. The maximum Gasteiger partial charge on any atom is 0.278 e. The minimum atomic E-state index is -3.72. The van der Waals surface area contributed by atoms with Crippen LogP contribution in [0.5, 0.6) is 0 Å². The lowest BCUT2D eigenvalue weighted by atomic mass is 9.99. The first-order valence-electron chi connectivity index (χ1n) is 10.0. The van der Waals surface area contributed by atoms with Crippen LogP contribution >= 0.6 is 0 Å². The number of aromatic nitrogens is 3. The van der Waals surface area contributed by atoms with Crippen molar-refractivity contribution in [2.75, 3.05) is 25.0 Å². The van der Waals surface area contributed by atoms with E-state index >= 15 is 0 Å². The summed E-state index contributed by atoms with van der Waals surface area (Å²) in [6, 6.07) is 2.36. The van der Waals surface area contributed by atoms with Crippen LogP contribution in [0.15, 0.2) is 11.2 Å². The second kappa shape index (κ2) is 6.82. The Bertz CT molecular complexity index is 985. The van der Waals surface area contributed by atoms with Crippen LogP contribution < -0.4 is 5.32 Å². The molecule has 1 atom stereocenters. The van der Waals surface area contributed by atoms with E-state index in [9.17, 15) is 13.5 Å². The molecule has 0 unspecified atom stereocenters. The van der Waals surface area contributed by atoms with Crippen molar-refractivity contribution in [2.24, 2.45) is 5.92 Å². The van der Waals surface area contributed by atoms with Crippen molar-refractivity contribution in [3.63, 3.8) is 0 Å². The standard InChI is InChI=1S/C19H25N5O3S/c25-11-12-7-8-24(10-12)28(26,27)19-21-18(22-23-19)20-17-15-5-1-3-13(15)9-14-4-2-6-16(14)17/h9,12,25H,1-8,10-11H2,(H2,20,21,22,23)/t12-/m0/s1. The van der Waals surface area contributed by atoms with E-state index in [2.05, 4.69) is 26.6 Å². The van der Waals surface area contributed by atoms with Crippen LogP contribution in [0.3, 0.4) is 0 Å². The molecule has 2 aromatic rings. The van der Waals surface area contributed by atoms with Crippen molar-refractivity contribution in [3.8, 4) is 0 Å². The normalized spacial score (nSPS) is 21.8. The van der Waals surface area contributed by atoms with Gasteiger partial charge in [-0.3, -0.25) is 0 Å². The number of H-pyrrole nitrogens is 1. The van der Waals surface area contributed by atoms with Crippen LogP contribution in [-0.2, 0) is 35.7 Å². The molecule has 9 heteroatoms. The fourth-order valence-electron chi connectivity index (χ4n) is 4.78. The Morgan fingerprint density at radius 3 is 2.54 bits per heavy atom. The van der Waals surface area contributed by atoms with Gasteiger partial charge in [-0.25, -0.2) is 13.5 Å². The second-order valence-electron chi connectivity index (χ2n) is 8.02. The van der Waals surface area contributed by atoms with E-state index in [0.29, 0.717) is 25.5 Å². The molecule has 8 nitrogen and oxygen atoms in total. The molecule has 3 aliphatic rings. The molecular weight excluding hydrogens is 378 g/mol. The fourth-order valence-corrected chi connectivity index (χ4v) is 6.14. The van der Waals surface area contributed by atoms with Crippen molar-refractivity contribution < 1.29 is 13.5 Å². The Morgan fingerprint density at radius 1 is 1.18 bits per heavy atom.